The van der Waals surface area contributed by atoms with Gasteiger partial charge in [-0.15, -0.1) is 0 Å². The summed E-state index contributed by atoms with van der Waals surface area (Å²) in [6.45, 7) is 6.17. The summed E-state index contributed by atoms with van der Waals surface area (Å²) in [5, 5.41) is 0.672. The molecule has 0 radical (unpaired) electrons. The van der Waals surface area contributed by atoms with E-state index in [1.807, 2.05) is 13.1 Å². The maximum absolute atomic E-state index is 12.7. The lowest BCUT2D eigenvalue weighted by Gasteiger charge is -2.15. The molecule has 0 aliphatic rings. The first-order valence-corrected chi connectivity index (χ1v) is 5.99. The number of benzene rings is 1. The molecule has 1 atom stereocenters. The highest BCUT2D eigenvalue weighted by molar-refractivity contribution is 5.84. The Hall–Kier alpha value is -1.45. The summed E-state index contributed by atoms with van der Waals surface area (Å²) >= 11 is 0. The zero-order valence-electron chi connectivity index (χ0n) is 10.6. The molecule has 1 nitrogen and oxygen atoms in total. The number of rotatable bonds is 2. The summed E-state index contributed by atoms with van der Waals surface area (Å²) < 4.78 is 38.1. The van der Waals surface area contributed by atoms with E-state index >= 15 is 0 Å². The summed E-state index contributed by atoms with van der Waals surface area (Å²) in [5.41, 5.74) is 1.11. The van der Waals surface area contributed by atoms with E-state index < -0.39 is 11.7 Å². The van der Waals surface area contributed by atoms with Gasteiger partial charge >= 0.3 is 6.18 Å². The van der Waals surface area contributed by atoms with Crippen LogP contribution in [0.15, 0.2) is 24.4 Å². The highest BCUT2D eigenvalue weighted by Crippen LogP contribution is 2.35. The van der Waals surface area contributed by atoms with Crippen LogP contribution in [0.1, 0.15) is 37.8 Å². The summed E-state index contributed by atoms with van der Waals surface area (Å²) in [7, 11) is 0. The molecule has 0 spiro atoms. The second-order valence-corrected chi connectivity index (χ2v) is 5.03. The number of H-pyrrole nitrogens is 1. The van der Waals surface area contributed by atoms with Gasteiger partial charge in [-0.05, 0) is 35.6 Å². The van der Waals surface area contributed by atoms with Gasteiger partial charge in [0.2, 0.25) is 0 Å². The maximum Gasteiger partial charge on any atom is 0.416 e. The number of fused-ring (bicyclic) bond motifs is 1. The van der Waals surface area contributed by atoms with Crippen molar-refractivity contribution >= 4 is 10.9 Å². The lowest BCUT2D eigenvalue weighted by Crippen LogP contribution is -2.05. The minimum atomic E-state index is -4.29. The van der Waals surface area contributed by atoms with Gasteiger partial charge in [0.1, 0.15) is 0 Å². The Labute approximate surface area is 104 Å². The van der Waals surface area contributed by atoms with Crippen LogP contribution in [0, 0.1) is 5.92 Å². The fraction of sp³-hybridized carbons (Fsp3) is 0.429. The van der Waals surface area contributed by atoms with Crippen molar-refractivity contribution in [1.82, 2.24) is 4.98 Å². The van der Waals surface area contributed by atoms with E-state index in [0.29, 0.717) is 11.3 Å². The zero-order valence-corrected chi connectivity index (χ0v) is 10.6. The molecular formula is C14H16F3N. The number of halogens is 3. The third-order valence-corrected chi connectivity index (χ3v) is 3.53. The fourth-order valence-electron chi connectivity index (χ4n) is 2.05. The van der Waals surface area contributed by atoms with Gasteiger partial charge in [0.05, 0.1) is 5.56 Å². The predicted octanol–water partition coefficient (Wildman–Crippen LogP) is 4.95. The van der Waals surface area contributed by atoms with Crippen LogP contribution >= 0.6 is 0 Å². The molecule has 1 heterocycles. The number of alkyl halides is 3. The van der Waals surface area contributed by atoms with Gasteiger partial charge in [-0.3, -0.25) is 0 Å². The smallest absolute Gasteiger partial charge is 0.361 e. The van der Waals surface area contributed by atoms with Crippen LogP contribution in [0.5, 0.6) is 0 Å². The number of aromatic amines is 1. The first-order chi connectivity index (χ1) is 8.30. The first-order valence-electron chi connectivity index (χ1n) is 5.99. The van der Waals surface area contributed by atoms with E-state index in [1.165, 1.54) is 12.1 Å². The van der Waals surface area contributed by atoms with Crippen LogP contribution in [-0.2, 0) is 6.18 Å². The van der Waals surface area contributed by atoms with Crippen LogP contribution < -0.4 is 0 Å². The van der Waals surface area contributed by atoms with Crippen molar-refractivity contribution in [3.8, 4) is 0 Å². The van der Waals surface area contributed by atoms with Crippen molar-refractivity contribution in [3.05, 3.63) is 35.5 Å². The number of aromatic nitrogens is 1. The van der Waals surface area contributed by atoms with Crippen LogP contribution in [0.3, 0.4) is 0 Å². The van der Waals surface area contributed by atoms with Gasteiger partial charge in [0.15, 0.2) is 0 Å². The average Bonchev–Trinajstić information content (AvgIpc) is 2.69. The standard InChI is InChI=1S/C14H16F3N/c1-8(2)9(3)12-7-18-13-5-4-10(6-11(12)13)14(15,16)17/h4-9,18H,1-3H3. The fourth-order valence-corrected chi connectivity index (χ4v) is 2.05. The van der Waals surface area contributed by atoms with Gasteiger partial charge in [-0.25, -0.2) is 0 Å². The van der Waals surface area contributed by atoms with Crippen molar-refractivity contribution in [2.24, 2.45) is 5.92 Å². The Morgan fingerprint density at radius 3 is 2.33 bits per heavy atom. The van der Waals surface area contributed by atoms with E-state index in [9.17, 15) is 13.2 Å². The third-order valence-electron chi connectivity index (χ3n) is 3.53. The van der Waals surface area contributed by atoms with Crippen molar-refractivity contribution in [2.75, 3.05) is 0 Å². The molecule has 98 valence electrons. The van der Waals surface area contributed by atoms with Crippen molar-refractivity contribution in [1.29, 1.82) is 0 Å². The molecule has 0 saturated heterocycles. The SMILES string of the molecule is CC(C)C(C)c1c[nH]c2ccc(C(F)(F)F)cc12. The number of hydrogen-bond acceptors (Lipinski definition) is 0. The molecule has 0 amide bonds. The van der Waals surface area contributed by atoms with E-state index in [-0.39, 0.29) is 5.92 Å². The van der Waals surface area contributed by atoms with E-state index in [0.717, 1.165) is 17.1 Å². The molecular weight excluding hydrogens is 239 g/mol. The maximum atomic E-state index is 12.7. The van der Waals surface area contributed by atoms with Gasteiger partial charge in [-0.2, -0.15) is 13.2 Å². The lowest BCUT2D eigenvalue weighted by atomic mass is 9.90. The Morgan fingerprint density at radius 2 is 1.78 bits per heavy atom. The second kappa shape index (κ2) is 4.34. The van der Waals surface area contributed by atoms with Gasteiger partial charge in [0.25, 0.3) is 0 Å². The van der Waals surface area contributed by atoms with Crippen LogP contribution in [0.2, 0.25) is 0 Å². The first kappa shape index (κ1) is 13.0. The number of nitrogens with one attached hydrogen (secondary N) is 1. The summed E-state index contributed by atoms with van der Waals surface area (Å²) in [5.74, 6) is 0.612. The molecule has 1 N–H and O–H groups in total. The van der Waals surface area contributed by atoms with Gasteiger partial charge < -0.3 is 4.98 Å². The van der Waals surface area contributed by atoms with Gasteiger partial charge in [-0.1, -0.05) is 20.8 Å². The van der Waals surface area contributed by atoms with E-state index in [1.54, 1.807) is 0 Å². The highest BCUT2D eigenvalue weighted by Gasteiger charge is 2.31. The topological polar surface area (TPSA) is 15.8 Å². The summed E-state index contributed by atoms with van der Waals surface area (Å²) in [6, 6.07) is 3.84. The molecule has 2 rings (SSSR count). The molecule has 1 aromatic carbocycles. The van der Waals surface area contributed by atoms with Crippen LogP contribution in [-0.4, -0.2) is 4.98 Å². The molecule has 0 aliphatic carbocycles. The minimum Gasteiger partial charge on any atom is -0.361 e. The molecule has 0 bridgehead atoms. The van der Waals surface area contributed by atoms with Crippen molar-refractivity contribution in [3.63, 3.8) is 0 Å². The molecule has 1 unspecified atom stereocenters. The molecule has 0 aliphatic heterocycles. The molecule has 2 aromatic rings. The van der Waals surface area contributed by atoms with Crippen molar-refractivity contribution in [2.45, 2.75) is 32.9 Å². The molecule has 0 fully saturated rings. The molecule has 4 heteroatoms. The minimum absolute atomic E-state index is 0.224. The zero-order chi connectivity index (χ0) is 13.5. The summed E-state index contributed by atoms with van der Waals surface area (Å²) in [6.07, 6.45) is -2.47. The normalized spacial score (nSPS) is 14.4. The molecule has 0 saturated carbocycles. The monoisotopic (exact) mass is 255 g/mol. The molecule has 1 aromatic heterocycles. The molecule has 18 heavy (non-hydrogen) atoms. The Balaban J connectivity index is 2.57. The van der Waals surface area contributed by atoms with Crippen molar-refractivity contribution < 1.29 is 13.2 Å². The average molecular weight is 255 g/mol. The van der Waals surface area contributed by atoms with Crippen LogP contribution in [0.4, 0.5) is 13.2 Å². The predicted molar refractivity (Wildman–Crippen MR) is 66.6 cm³/mol. The van der Waals surface area contributed by atoms with Crippen LogP contribution in [0.25, 0.3) is 10.9 Å². The number of hydrogen-bond donors (Lipinski definition) is 1. The summed E-state index contributed by atoms with van der Waals surface area (Å²) in [4.78, 5) is 3.04. The largest absolute Gasteiger partial charge is 0.416 e. The van der Waals surface area contributed by atoms with E-state index in [2.05, 4.69) is 18.8 Å². The quantitative estimate of drug-likeness (QED) is 0.781. The van der Waals surface area contributed by atoms with Gasteiger partial charge in [0, 0.05) is 17.1 Å². The Kier molecular flexibility index (Phi) is 3.13. The Bertz CT molecular complexity index is 552. The van der Waals surface area contributed by atoms with E-state index in [4.69, 9.17) is 0 Å². The highest BCUT2D eigenvalue weighted by atomic mass is 19.4. The lowest BCUT2D eigenvalue weighted by molar-refractivity contribution is -0.137. The third kappa shape index (κ3) is 2.24. The second-order valence-electron chi connectivity index (χ2n) is 5.03. The Morgan fingerprint density at radius 1 is 1.11 bits per heavy atom.